The molecule has 13 heteroatoms. The fraction of sp³-hybridized carbons (Fsp3) is 0. The number of rotatable bonds is 11. The summed E-state index contributed by atoms with van der Waals surface area (Å²) in [5.74, 6) is 5.54. The molecule has 0 unspecified atom stereocenters. The van der Waals surface area contributed by atoms with Crippen molar-refractivity contribution in [1.29, 1.82) is 0 Å². The Labute approximate surface area is 858 Å². The van der Waals surface area contributed by atoms with Crippen LogP contribution >= 0.6 is 0 Å². The molecule has 33 rings (SSSR count). The van der Waals surface area contributed by atoms with Crippen LogP contribution in [0.3, 0.4) is 0 Å². The highest BCUT2D eigenvalue weighted by atomic mass is 16.3. The Morgan fingerprint density at radius 3 is 0.920 bits per heavy atom. The number of benzene rings is 23. The lowest BCUT2D eigenvalue weighted by Crippen LogP contribution is -2.06. The van der Waals surface area contributed by atoms with Crippen LogP contribution < -0.4 is 0 Å². The van der Waals surface area contributed by atoms with Crippen LogP contribution in [0, 0.1) is 0 Å². The zero-order chi connectivity index (χ0) is 98.3. The molecule has 0 amide bonds. The summed E-state index contributed by atoms with van der Waals surface area (Å²) in [6.45, 7) is 0. The van der Waals surface area contributed by atoms with E-state index in [1.165, 1.54) is 159 Å². The summed E-state index contributed by atoms with van der Waals surface area (Å²) < 4.78 is 13.3. The molecule has 7 aromatic heterocycles. The second-order valence-electron chi connectivity index (χ2n) is 38.8. The molecule has 0 saturated carbocycles. The molecular weight excluding hydrogens is 1830 g/mol. The molecule has 3 aliphatic carbocycles. The third-order valence-corrected chi connectivity index (χ3v) is 30.6. The maximum atomic E-state index is 6.47. The van der Waals surface area contributed by atoms with Gasteiger partial charge in [0.2, 0.25) is 11.9 Å². The van der Waals surface area contributed by atoms with Crippen molar-refractivity contribution in [3.63, 3.8) is 0 Å². The standard InChI is InChI=1S/C49H30N4.C45H26N4.C43H24N4O/c1-3-13-31(14-4-1)36-18-7-10-21-41(36)49-51-47(33-15-5-2-6-16-33)50-48(52-49)34-25-28-35(29-26-34)53-42-24-12-23-40-38-20-9-8-19-37(38)39-22-11-17-32-27-30-43(53)46(44(32)39)45(40)42;1-2-11-29(12-3-1)43-46-44(31-22-24-33-30(26-31)21-20-27-10-4-5-14-32(27)33)48-45(47-43)49-38-19-9-18-37-35-16-7-6-15-34(35)36-17-8-13-28-23-25-39(49)42(40(28)36)41(37)38;1-2-11-26(12-3-1)41-44-42(33-20-9-19-32-29-16-6-7-22-36(29)48-40(32)33)46-43(45-41)47-34-21-10-18-31-28-15-5-4-14-27(28)30-17-8-13-25-23-24-35(47)39(37(25)30)38(31)34/h1-30H;1-26H;1-24H. The second-order valence-corrected chi connectivity index (χ2v) is 38.8. The van der Waals surface area contributed by atoms with Crippen molar-refractivity contribution in [1.82, 2.24) is 58.6 Å². The van der Waals surface area contributed by atoms with Crippen LogP contribution in [-0.4, -0.2) is 58.6 Å². The van der Waals surface area contributed by atoms with Crippen LogP contribution in [-0.2, 0) is 0 Å². The Bertz CT molecular complexity index is 10900. The molecule has 0 bridgehead atoms. The third-order valence-electron chi connectivity index (χ3n) is 30.6. The van der Waals surface area contributed by atoms with Gasteiger partial charge >= 0.3 is 0 Å². The fourth-order valence-corrected chi connectivity index (χ4v) is 24.0. The average molecular weight is 1910 g/mol. The van der Waals surface area contributed by atoms with Gasteiger partial charge < -0.3 is 8.98 Å². The van der Waals surface area contributed by atoms with E-state index in [2.05, 4.69) is 384 Å². The first-order valence-corrected chi connectivity index (χ1v) is 50.7. The van der Waals surface area contributed by atoms with E-state index >= 15 is 0 Å². The quantitative estimate of drug-likeness (QED) is 0.115. The predicted octanol–water partition coefficient (Wildman–Crippen LogP) is 34.8. The van der Waals surface area contributed by atoms with Gasteiger partial charge in [-0.25, -0.2) is 24.9 Å². The van der Waals surface area contributed by atoms with E-state index in [9.17, 15) is 0 Å². The van der Waals surface area contributed by atoms with Crippen LogP contribution in [0.4, 0.5) is 0 Å². The molecule has 0 fully saturated rings. The number of furan rings is 1. The topological polar surface area (TPSA) is 144 Å². The van der Waals surface area contributed by atoms with Crippen molar-refractivity contribution in [3.8, 4) is 175 Å². The summed E-state index contributed by atoms with van der Waals surface area (Å²) in [6.07, 6.45) is 0. The summed E-state index contributed by atoms with van der Waals surface area (Å²) >= 11 is 0. The number of aromatic nitrogens is 12. The SMILES string of the molecule is c1ccc(-c2nc(-c3ccc(-n4c5cccc6c5c5c7c(cccc7ccc54)-c4ccccc4-6)cc3)nc(-c3ccccc3-c3ccccc3)n2)cc1.c1ccc(-c2nc(-c3ccc4c(ccc5ccccc54)c3)nc(-n3c4cccc5c4c4c6c(cccc6ccc43)-c3ccccc3-5)n2)cc1.c1ccc(-c2nc(-c3cccc4c3oc3ccccc34)nc(-n3c4cccc5c4c4c6c(cccc6ccc43)-c3ccccc3-5)n2)cc1. The van der Waals surface area contributed by atoms with Gasteiger partial charge in [-0.3, -0.25) is 9.13 Å². The number of nitrogens with zero attached hydrogens (tertiary/aromatic N) is 12. The van der Waals surface area contributed by atoms with Crippen LogP contribution in [0.5, 0.6) is 0 Å². The summed E-state index contributed by atoms with van der Waals surface area (Å²) in [4.78, 5) is 46.4. The maximum absolute atomic E-state index is 6.47. The highest BCUT2D eigenvalue weighted by Crippen LogP contribution is 2.55. The van der Waals surface area contributed by atoms with Crippen molar-refractivity contribution in [2.75, 3.05) is 0 Å². The molecule has 0 N–H and O–H groups in total. The van der Waals surface area contributed by atoms with Crippen molar-refractivity contribution in [3.05, 3.63) is 485 Å². The Kier molecular flexibility index (Phi) is 18.8. The van der Waals surface area contributed by atoms with Gasteiger partial charge in [-0.1, -0.05) is 406 Å². The number of fused-ring (bicyclic) bond motifs is 15. The molecule has 7 heterocycles. The fourth-order valence-electron chi connectivity index (χ4n) is 24.0. The largest absolute Gasteiger partial charge is 0.455 e. The minimum atomic E-state index is 0.564. The summed E-state index contributed by atoms with van der Waals surface area (Å²) in [5, 5.41) is 21.9. The molecule has 150 heavy (non-hydrogen) atoms. The number of hydrogen-bond donors (Lipinski definition) is 0. The van der Waals surface area contributed by atoms with E-state index in [4.69, 9.17) is 49.3 Å². The lowest BCUT2D eigenvalue weighted by atomic mass is 9.93. The molecule has 3 aliphatic rings. The van der Waals surface area contributed by atoms with Gasteiger partial charge in [0.25, 0.3) is 0 Å². The molecule has 0 atom stereocenters. The molecule has 30 aromatic rings. The van der Waals surface area contributed by atoms with Gasteiger partial charge in [0.15, 0.2) is 40.8 Å². The van der Waals surface area contributed by atoms with Crippen LogP contribution in [0.1, 0.15) is 0 Å². The first-order valence-electron chi connectivity index (χ1n) is 50.7. The molecule has 0 spiro atoms. The summed E-state index contributed by atoms with van der Waals surface area (Å²) in [5.41, 5.74) is 33.0. The van der Waals surface area contributed by atoms with Gasteiger partial charge in [0, 0.05) is 82.2 Å². The summed E-state index contributed by atoms with van der Waals surface area (Å²) in [7, 11) is 0. The van der Waals surface area contributed by atoms with Crippen molar-refractivity contribution in [2.45, 2.75) is 0 Å². The molecular formula is C137H80N12O. The third kappa shape index (κ3) is 13.1. The predicted molar refractivity (Wildman–Crippen MR) is 614 cm³/mol. The van der Waals surface area contributed by atoms with Gasteiger partial charge in [-0.2, -0.15) is 19.9 Å². The normalized spacial score (nSPS) is 12.0. The summed E-state index contributed by atoms with van der Waals surface area (Å²) in [6, 6.07) is 171. The van der Waals surface area contributed by atoms with Crippen molar-refractivity contribution in [2.24, 2.45) is 0 Å². The highest BCUT2D eigenvalue weighted by molar-refractivity contribution is 6.34. The first-order chi connectivity index (χ1) is 74.4. The van der Waals surface area contributed by atoms with Crippen LogP contribution in [0.15, 0.2) is 490 Å². The Hall–Kier alpha value is -20.4. The van der Waals surface area contributed by atoms with Gasteiger partial charge in [0.05, 0.1) is 38.7 Å². The van der Waals surface area contributed by atoms with E-state index in [0.717, 1.165) is 105 Å². The van der Waals surface area contributed by atoms with Crippen molar-refractivity contribution >= 4 is 141 Å². The highest BCUT2D eigenvalue weighted by Gasteiger charge is 2.32. The lowest BCUT2D eigenvalue weighted by Gasteiger charge is -2.14. The molecule has 0 radical (unpaired) electrons. The van der Waals surface area contributed by atoms with E-state index < -0.39 is 0 Å². The van der Waals surface area contributed by atoms with Crippen LogP contribution in [0.25, 0.3) is 316 Å². The maximum Gasteiger partial charge on any atom is 0.238 e. The number of para-hydroxylation sites is 2. The zero-order valence-corrected chi connectivity index (χ0v) is 80.5. The van der Waals surface area contributed by atoms with Gasteiger partial charge in [-0.15, -0.1) is 0 Å². The zero-order valence-electron chi connectivity index (χ0n) is 80.5. The smallest absolute Gasteiger partial charge is 0.238 e. The van der Waals surface area contributed by atoms with Gasteiger partial charge in [0.1, 0.15) is 11.2 Å². The van der Waals surface area contributed by atoms with E-state index in [-0.39, 0.29) is 0 Å². The van der Waals surface area contributed by atoms with Crippen molar-refractivity contribution < 1.29 is 4.42 Å². The molecule has 694 valence electrons. The minimum absolute atomic E-state index is 0.564. The minimum Gasteiger partial charge on any atom is -0.455 e. The molecule has 23 aromatic carbocycles. The van der Waals surface area contributed by atoms with Gasteiger partial charge in [-0.05, 0) is 211 Å². The molecule has 0 saturated heterocycles. The van der Waals surface area contributed by atoms with E-state index in [1.807, 2.05) is 115 Å². The average Bonchev–Trinajstić information content (AvgIpc) is 1.55. The van der Waals surface area contributed by atoms with E-state index in [1.54, 1.807) is 0 Å². The Morgan fingerprint density at radius 1 is 0.147 bits per heavy atom. The van der Waals surface area contributed by atoms with Crippen LogP contribution in [0.2, 0.25) is 0 Å². The monoisotopic (exact) mass is 1910 g/mol. The van der Waals surface area contributed by atoms with E-state index in [0.29, 0.717) is 52.7 Å². The molecule has 13 nitrogen and oxygen atoms in total. The Morgan fingerprint density at radius 2 is 0.440 bits per heavy atom. The lowest BCUT2D eigenvalue weighted by molar-refractivity contribution is 0.669. The second kappa shape index (κ2) is 33.6. The Balaban J connectivity index is 0.000000101. The molecule has 0 aliphatic heterocycles. The first kappa shape index (κ1) is 84.1. The number of hydrogen-bond acceptors (Lipinski definition) is 10.